The Morgan fingerprint density at radius 1 is 1.24 bits per heavy atom. The van der Waals surface area contributed by atoms with Crippen molar-refractivity contribution in [2.24, 2.45) is 11.3 Å². The van der Waals surface area contributed by atoms with Crippen LogP contribution in [0.1, 0.15) is 58.1 Å². The van der Waals surface area contributed by atoms with E-state index in [9.17, 15) is 9.59 Å². The molecule has 1 aliphatic rings. The minimum Gasteiger partial charge on any atom is -0.481 e. The number of aliphatic carboxylic acids is 1. The summed E-state index contributed by atoms with van der Waals surface area (Å²) in [4.78, 5) is 25.7. The second-order valence-corrected chi connectivity index (χ2v) is 8.30. The lowest BCUT2D eigenvalue weighted by atomic mass is 9.85. The van der Waals surface area contributed by atoms with Gasteiger partial charge in [0.15, 0.2) is 0 Å². The topological polar surface area (TPSA) is 69.6 Å². The van der Waals surface area contributed by atoms with Crippen molar-refractivity contribution in [3.63, 3.8) is 0 Å². The number of anilines is 1. The van der Waals surface area contributed by atoms with Gasteiger partial charge in [0, 0.05) is 25.2 Å². The van der Waals surface area contributed by atoms with Gasteiger partial charge in [0.05, 0.1) is 6.42 Å². The molecular formula is C20H30N2O3. The molecule has 0 atom stereocenters. The lowest BCUT2D eigenvalue weighted by Gasteiger charge is -2.22. The van der Waals surface area contributed by atoms with Crippen LogP contribution >= 0.6 is 0 Å². The van der Waals surface area contributed by atoms with Gasteiger partial charge in [-0.3, -0.25) is 14.5 Å². The van der Waals surface area contributed by atoms with E-state index in [0.717, 1.165) is 25.3 Å². The van der Waals surface area contributed by atoms with Gasteiger partial charge in [0.2, 0.25) is 5.91 Å². The number of hydrogen-bond donors (Lipinski definition) is 2. The first-order valence-electron chi connectivity index (χ1n) is 9.01. The molecule has 5 nitrogen and oxygen atoms in total. The number of carboxylic acid groups (broad SMARTS) is 1. The lowest BCUT2D eigenvalue weighted by molar-refractivity contribution is -0.139. The van der Waals surface area contributed by atoms with Crippen LogP contribution in [-0.4, -0.2) is 28.4 Å². The van der Waals surface area contributed by atoms with E-state index in [1.54, 1.807) is 0 Å². The number of nitrogens with zero attached hydrogens (tertiary/aromatic N) is 1. The molecule has 0 bridgehead atoms. The molecule has 25 heavy (non-hydrogen) atoms. The molecule has 0 saturated carbocycles. The van der Waals surface area contributed by atoms with E-state index in [0.29, 0.717) is 5.92 Å². The number of amides is 1. The van der Waals surface area contributed by atoms with Gasteiger partial charge >= 0.3 is 5.97 Å². The van der Waals surface area contributed by atoms with Crippen molar-refractivity contribution in [2.75, 3.05) is 11.9 Å². The molecule has 2 rings (SSSR count). The monoisotopic (exact) mass is 346 g/mol. The van der Waals surface area contributed by atoms with Crippen molar-refractivity contribution >= 4 is 17.6 Å². The average molecular weight is 346 g/mol. The SMILES string of the molecule is CC(C)CCN1Cc2cccc(NC(=O)CC(C)(C)CC(=O)O)c2C1. The maximum absolute atomic E-state index is 12.4. The number of fused-ring (bicyclic) bond motifs is 1. The van der Waals surface area contributed by atoms with Crippen molar-refractivity contribution in [1.82, 2.24) is 4.90 Å². The summed E-state index contributed by atoms with van der Waals surface area (Å²) in [5.41, 5.74) is 2.76. The third-order valence-corrected chi connectivity index (χ3v) is 4.61. The van der Waals surface area contributed by atoms with Crippen LogP contribution in [0.4, 0.5) is 5.69 Å². The zero-order valence-corrected chi connectivity index (χ0v) is 15.8. The number of carboxylic acids is 1. The molecule has 1 aliphatic heterocycles. The third kappa shape index (κ3) is 5.85. The number of carbonyl (C=O) groups is 2. The van der Waals surface area contributed by atoms with Crippen molar-refractivity contribution in [1.29, 1.82) is 0 Å². The largest absolute Gasteiger partial charge is 0.481 e. The van der Waals surface area contributed by atoms with Crippen molar-refractivity contribution in [3.8, 4) is 0 Å². The molecule has 0 aliphatic carbocycles. The van der Waals surface area contributed by atoms with Gasteiger partial charge in [-0.05, 0) is 41.5 Å². The number of nitrogens with one attached hydrogen (secondary N) is 1. The Balaban J connectivity index is 2.00. The van der Waals surface area contributed by atoms with Crippen LogP contribution in [0.25, 0.3) is 0 Å². The van der Waals surface area contributed by atoms with Crippen molar-refractivity contribution < 1.29 is 14.7 Å². The highest BCUT2D eigenvalue weighted by atomic mass is 16.4. The highest BCUT2D eigenvalue weighted by Gasteiger charge is 2.27. The van der Waals surface area contributed by atoms with Crippen LogP contribution in [0.5, 0.6) is 0 Å². The first kappa shape index (κ1) is 19.4. The molecular weight excluding hydrogens is 316 g/mol. The van der Waals surface area contributed by atoms with Gasteiger partial charge in [-0.25, -0.2) is 0 Å². The minimum atomic E-state index is -0.876. The van der Waals surface area contributed by atoms with E-state index in [4.69, 9.17) is 5.11 Å². The highest BCUT2D eigenvalue weighted by molar-refractivity contribution is 5.92. The second kappa shape index (κ2) is 8.00. The molecule has 1 aromatic rings. The zero-order valence-electron chi connectivity index (χ0n) is 15.8. The van der Waals surface area contributed by atoms with Crippen LogP contribution in [0.15, 0.2) is 18.2 Å². The Labute approximate surface area is 150 Å². The van der Waals surface area contributed by atoms with E-state index in [1.165, 1.54) is 17.5 Å². The van der Waals surface area contributed by atoms with Gasteiger partial charge in [-0.2, -0.15) is 0 Å². The Morgan fingerprint density at radius 3 is 2.60 bits per heavy atom. The fourth-order valence-electron chi connectivity index (χ4n) is 3.31. The molecule has 0 unspecified atom stereocenters. The predicted molar refractivity (Wildman–Crippen MR) is 99.3 cm³/mol. The summed E-state index contributed by atoms with van der Waals surface area (Å²) in [6.45, 7) is 10.9. The lowest BCUT2D eigenvalue weighted by Crippen LogP contribution is -2.25. The minimum absolute atomic E-state index is 0.0176. The molecule has 0 fully saturated rings. The van der Waals surface area contributed by atoms with Gasteiger partial charge in [0.25, 0.3) is 0 Å². The molecule has 1 amide bonds. The second-order valence-electron chi connectivity index (χ2n) is 8.30. The van der Waals surface area contributed by atoms with Crippen LogP contribution in [-0.2, 0) is 22.7 Å². The summed E-state index contributed by atoms with van der Waals surface area (Å²) in [7, 11) is 0. The fourth-order valence-corrected chi connectivity index (χ4v) is 3.31. The van der Waals surface area contributed by atoms with Gasteiger partial charge in [0.1, 0.15) is 0 Å². The quantitative estimate of drug-likeness (QED) is 0.749. The number of hydrogen-bond acceptors (Lipinski definition) is 3. The molecule has 2 N–H and O–H groups in total. The van der Waals surface area contributed by atoms with Crippen molar-refractivity contribution in [3.05, 3.63) is 29.3 Å². The first-order chi connectivity index (χ1) is 11.7. The van der Waals surface area contributed by atoms with Crippen LogP contribution in [0, 0.1) is 11.3 Å². The Morgan fingerprint density at radius 2 is 1.96 bits per heavy atom. The molecule has 0 saturated heterocycles. The van der Waals surface area contributed by atoms with Gasteiger partial charge in [-0.15, -0.1) is 0 Å². The first-order valence-corrected chi connectivity index (χ1v) is 9.01. The number of carbonyl (C=O) groups excluding carboxylic acids is 1. The molecule has 1 aromatic carbocycles. The van der Waals surface area contributed by atoms with Gasteiger partial charge in [-0.1, -0.05) is 39.8 Å². The van der Waals surface area contributed by atoms with E-state index in [2.05, 4.69) is 30.1 Å². The third-order valence-electron chi connectivity index (χ3n) is 4.61. The Kier molecular flexibility index (Phi) is 6.22. The van der Waals surface area contributed by atoms with Crippen LogP contribution in [0.2, 0.25) is 0 Å². The summed E-state index contributed by atoms with van der Waals surface area (Å²) < 4.78 is 0. The summed E-state index contributed by atoms with van der Waals surface area (Å²) in [5, 5.41) is 12.0. The van der Waals surface area contributed by atoms with Crippen LogP contribution in [0.3, 0.4) is 0 Å². The summed E-state index contributed by atoms with van der Waals surface area (Å²) in [6.07, 6.45) is 1.34. The van der Waals surface area contributed by atoms with E-state index in [-0.39, 0.29) is 18.7 Å². The molecule has 1 heterocycles. The number of rotatable bonds is 8. The summed E-state index contributed by atoms with van der Waals surface area (Å²) in [5.74, 6) is -0.321. The van der Waals surface area contributed by atoms with E-state index < -0.39 is 11.4 Å². The maximum Gasteiger partial charge on any atom is 0.303 e. The fraction of sp³-hybridized carbons (Fsp3) is 0.600. The Bertz CT molecular complexity index is 638. The average Bonchev–Trinajstić information content (AvgIpc) is 2.87. The molecule has 0 spiro atoms. The van der Waals surface area contributed by atoms with Crippen LogP contribution < -0.4 is 5.32 Å². The Hall–Kier alpha value is -1.88. The molecule has 138 valence electrons. The predicted octanol–water partition coefficient (Wildman–Crippen LogP) is 3.88. The number of benzene rings is 1. The molecule has 0 radical (unpaired) electrons. The molecule has 5 heteroatoms. The smallest absolute Gasteiger partial charge is 0.303 e. The van der Waals surface area contributed by atoms with Crippen molar-refractivity contribution in [2.45, 2.75) is 60.0 Å². The highest BCUT2D eigenvalue weighted by Crippen LogP contribution is 2.31. The zero-order chi connectivity index (χ0) is 18.6. The summed E-state index contributed by atoms with van der Waals surface area (Å²) in [6, 6.07) is 6.03. The van der Waals surface area contributed by atoms with E-state index in [1.807, 2.05) is 26.0 Å². The normalized spacial score (nSPS) is 14.6. The standard InChI is InChI=1S/C20H30N2O3/c1-14(2)8-9-22-12-15-6-5-7-17(16(15)13-22)21-18(23)10-20(3,4)11-19(24)25/h5-7,14H,8-13H2,1-4H3,(H,21,23)(H,24,25). The molecule has 0 aromatic heterocycles. The van der Waals surface area contributed by atoms with E-state index >= 15 is 0 Å². The summed E-state index contributed by atoms with van der Waals surface area (Å²) >= 11 is 0. The van der Waals surface area contributed by atoms with Gasteiger partial charge < -0.3 is 10.4 Å². The maximum atomic E-state index is 12.4.